The number of carboxylic acid groups (broad SMARTS) is 1. The Morgan fingerprint density at radius 3 is 2.45 bits per heavy atom. The molecule has 1 rings (SSSR count). The molecular weight excluding hydrogens is 299 g/mol. The molecule has 0 fully saturated rings. The molecule has 0 spiro atoms. The molecule has 0 aromatic heterocycles. The number of halogens is 3. The van der Waals surface area contributed by atoms with Crippen molar-refractivity contribution in [2.45, 2.75) is 31.9 Å². The van der Waals surface area contributed by atoms with Crippen LogP contribution in [0.5, 0.6) is 0 Å². The minimum Gasteiger partial charge on any atom is -0.481 e. The summed E-state index contributed by atoms with van der Waals surface area (Å²) in [5.74, 6) is -2.14. The van der Waals surface area contributed by atoms with Gasteiger partial charge in [-0.3, -0.25) is 9.59 Å². The van der Waals surface area contributed by atoms with Crippen LogP contribution in [-0.4, -0.2) is 35.5 Å². The monoisotopic (exact) mass is 317 g/mol. The average Bonchev–Trinajstić information content (AvgIpc) is 2.44. The molecule has 122 valence electrons. The molecular formula is C15H18F3NO3. The van der Waals surface area contributed by atoms with Crippen LogP contribution in [0.15, 0.2) is 24.3 Å². The van der Waals surface area contributed by atoms with Gasteiger partial charge in [0.2, 0.25) is 5.91 Å². The molecule has 22 heavy (non-hydrogen) atoms. The summed E-state index contributed by atoms with van der Waals surface area (Å²) in [6, 6.07) is 4.67. The smallest absolute Gasteiger partial charge is 0.416 e. The Bertz CT molecular complexity index is 543. The van der Waals surface area contributed by atoms with E-state index in [2.05, 4.69) is 0 Å². The van der Waals surface area contributed by atoms with Gasteiger partial charge >= 0.3 is 12.1 Å². The predicted octanol–water partition coefficient (Wildman–Crippen LogP) is 3.13. The summed E-state index contributed by atoms with van der Waals surface area (Å²) in [4.78, 5) is 24.1. The Morgan fingerprint density at radius 2 is 1.95 bits per heavy atom. The molecule has 0 aliphatic heterocycles. The first-order valence-electron chi connectivity index (χ1n) is 6.80. The molecule has 0 saturated carbocycles. The molecule has 1 N–H and O–H groups in total. The van der Waals surface area contributed by atoms with Crippen molar-refractivity contribution in [2.24, 2.45) is 0 Å². The second-order valence-electron chi connectivity index (χ2n) is 4.99. The van der Waals surface area contributed by atoms with E-state index < -0.39 is 23.6 Å². The molecule has 0 bridgehead atoms. The highest BCUT2D eigenvalue weighted by Crippen LogP contribution is 2.32. The predicted molar refractivity (Wildman–Crippen MR) is 74.4 cm³/mol. The van der Waals surface area contributed by atoms with Gasteiger partial charge in [-0.25, -0.2) is 0 Å². The van der Waals surface area contributed by atoms with Crippen LogP contribution in [0.4, 0.5) is 13.2 Å². The van der Waals surface area contributed by atoms with Crippen LogP contribution in [0.2, 0.25) is 0 Å². The van der Waals surface area contributed by atoms with Gasteiger partial charge < -0.3 is 10.0 Å². The summed E-state index contributed by atoms with van der Waals surface area (Å²) in [6.07, 6.45) is -4.34. The fourth-order valence-electron chi connectivity index (χ4n) is 2.12. The lowest BCUT2D eigenvalue weighted by Crippen LogP contribution is -2.33. The van der Waals surface area contributed by atoms with Crippen LogP contribution in [-0.2, 0) is 15.8 Å². The highest BCUT2D eigenvalue weighted by molar-refractivity contribution is 5.84. The van der Waals surface area contributed by atoms with Gasteiger partial charge in [-0.2, -0.15) is 13.2 Å². The summed E-state index contributed by atoms with van der Waals surface area (Å²) in [6.45, 7) is 1.72. The van der Waals surface area contributed by atoms with Crippen molar-refractivity contribution in [3.05, 3.63) is 35.4 Å². The second kappa shape index (κ2) is 7.29. The van der Waals surface area contributed by atoms with Gasteiger partial charge in [0, 0.05) is 13.6 Å². The Labute approximate surface area is 126 Å². The van der Waals surface area contributed by atoms with Crippen molar-refractivity contribution in [3.63, 3.8) is 0 Å². The maximum absolute atomic E-state index is 12.7. The summed E-state index contributed by atoms with van der Waals surface area (Å²) in [5, 5.41) is 8.62. The molecule has 0 aliphatic carbocycles. The number of hydrogen-bond acceptors (Lipinski definition) is 2. The first-order chi connectivity index (χ1) is 10.2. The molecule has 7 heteroatoms. The molecule has 1 unspecified atom stereocenters. The standard InChI is InChI=1S/C15H18F3NO3/c1-3-12(14(22)19(2)8-7-13(20)21)10-5-4-6-11(9-10)15(16,17)18/h4-6,9,12H,3,7-8H2,1-2H3,(H,20,21). The molecule has 1 atom stereocenters. The topological polar surface area (TPSA) is 57.6 Å². The molecule has 1 amide bonds. The summed E-state index contributed by atoms with van der Waals surface area (Å²) < 4.78 is 38.2. The van der Waals surface area contributed by atoms with Gasteiger partial charge in [0.25, 0.3) is 0 Å². The van der Waals surface area contributed by atoms with E-state index in [0.717, 1.165) is 12.1 Å². The maximum atomic E-state index is 12.7. The third kappa shape index (κ3) is 4.75. The second-order valence-corrected chi connectivity index (χ2v) is 4.99. The zero-order valence-corrected chi connectivity index (χ0v) is 12.4. The number of nitrogens with zero attached hydrogens (tertiary/aromatic N) is 1. The Morgan fingerprint density at radius 1 is 1.32 bits per heavy atom. The van der Waals surface area contributed by atoms with Crippen molar-refractivity contribution in [1.82, 2.24) is 4.90 Å². The fourth-order valence-corrected chi connectivity index (χ4v) is 2.12. The molecule has 0 aliphatic rings. The van der Waals surface area contributed by atoms with Crippen LogP contribution in [0.3, 0.4) is 0 Å². The van der Waals surface area contributed by atoms with Crippen LogP contribution in [0.1, 0.15) is 36.8 Å². The van der Waals surface area contributed by atoms with Crippen molar-refractivity contribution in [1.29, 1.82) is 0 Å². The van der Waals surface area contributed by atoms with Crippen molar-refractivity contribution in [3.8, 4) is 0 Å². The molecule has 0 radical (unpaired) electrons. The van der Waals surface area contributed by atoms with E-state index in [4.69, 9.17) is 5.11 Å². The lowest BCUT2D eigenvalue weighted by molar-refractivity contribution is -0.139. The average molecular weight is 317 g/mol. The lowest BCUT2D eigenvalue weighted by Gasteiger charge is -2.23. The van der Waals surface area contributed by atoms with E-state index in [1.807, 2.05) is 0 Å². The Hall–Kier alpha value is -2.05. The molecule has 4 nitrogen and oxygen atoms in total. The van der Waals surface area contributed by atoms with Crippen LogP contribution in [0, 0.1) is 0 Å². The molecule has 0 saturated heterocycles. The lowest BCUT2D eigenvalue weighted by atomic mass is 9.93. The highest BCUT2D eigenvalue weighted by Gasteiger charge is 2.32. The zero-order valence-electron chi connectivity index (χ0n) is 12.4. The number of carbonyl (C=O) groups excluding carboxylic acids is 1. The van der Waals surface area contributed by atoms with E-state index in [1.165, 1.54) is 24.1 Å². The van der Waals surface area contributed by atoms with Gasteiger partial charge in [0.1, 0.15) is 0 Å². The third-order valence-electron chi connectivity index (χ3n) is 3.36. The van der Waals surface area contributed by atoms with E-state index in [-0.39, 0.29) is 24.4 Å². The number of aliphatic carboxylic acids is 1. The van der Waals surface area contributed by atoms with Crippen LogP contribution < -0.4 is 0 Å². The van der Waals surface area contributed by atoms with Gasteiger partial charge in [-0.15, -0.1) is 0 Å². The van der Waals surface area contributed by atoms with E-state index >= 15 is 0 Å². The Kier molecular flexibility index (Phi) is 5.96. The first-order valence-corrected chi connectivity index (χ1v) is 6.80. The highest BCUT2D eigenvalue weighted by atomic mass is 19.4. The van der Waals surface area contributed by atoms with E-state index in [0.29, 0.717) is 6.42 Å². The van der Waals surface area contributed by atoms with Crippen molar-refractivity contribution in [2.75, 3.05) is 13.6 Å². The SMILES string of the molecule is CCC(C(=O)N(C)CCC(=O)O)c1cccc(C(F)(F)F)c1. The van der Waals surface area contributed by atoms with E-state index in [1.54, 1.807) is 6.92 Å². The Balaban J connectivity index is 2.96. The normalized spacial score (nSPS) is 12.8. The number of alkyl halides is 3. The molecule has 1 aromatic carbocycles. The fraction of sp³-hybridized carbons (Fsp3) is 0.467. The number of benzene rings is 1. The quantitative estimate of drug-likeness (QED) is 0.877. The number of hydrogen-bond donors (Lipinski definition) is 1. The number of carbonyl (C=O) groups is 2. The minimum absolute atomic E-state index is 0.0175. The largest absolute Gasteiger partial charge is 0.481 e. The molecule has 1 aromatic rings. The van der Waals surface area contributed by atoms with Crippen LogP contribution >= 0.6 is 0 Å². The number of likely N-dealkylation sites (N-methyl/N-ethyl adjacent to an activating group) is 1. The van der Waals surface area contributed by atoms with Gasteiger partial charge in [0.05, 0.1) is 17.9 Å². The summed E-state index contributed by atoms with van der Waals surface area (Å²) in [5.41, 5.74) is -0.520. The van der Waals surface area contributed by atoms with Crippen LogP contribution in [0.25, 0.3) is 0 Å². The van der Waals surface area contributed by atoms with Gasteiger partial charge in [-0.1, -0.05) is 25.1 Å². The number of amides is 1. The molecule has 0 heterocycles. The van der Waals surface area contributed by atoms with Crippen molar-refractivity contribution < 1.29 is 27.9 Å². The van der Waals surface area contributed by atoms with Gasteiger partial charge in [0.15, 0.2) is 0 Å². The number of carboxylic acids is 1. The van der Waals surface area contributed by atoms with Crippen molar-refractivity contribution >= 4 is 11.9 Å². The maximum Gasteiger partial charge on any atom is 0.416 e. The first kappa shape index (κ1) is 18.0. The summed E-state index contributed by atoms with van der Waals surface area (Å²) in [7, 11) is 1.45. The summed E-state index contributed by atoms with van der Waals surface area (Å²) >= 11 is 0. The number of rotatable bonds is 6. The van der Waals surface area contributed by atoms with Gasteiger partial charge in [-0.05, 0) is 18.1 Å². The van der Waals surface area contributed by atoms with E-state index in [9.17, 15) is 22.8 Å². The third-order valence-corrected chi connectivity index (χ3v) is 3.36. The minimum atomic E-state index is -4.47. The zero-order chi connectivity index (χ0) is 16.9.